The first kappa shape index (κ1) is 19.7. The van der Waals surface area contributed by atoms with E-state index in [1.54, 1.807) is 7.11 Å². The molecule has 0 aliphatic carbocycles. The number of benzene rings is 2. The highest BCUT2D eigenvalue weighted by molar-refractivity contribution is 7.89. The maximum absolute atomic E-state index is 12.6. The molecule has 0 heterocycles. The minimum atomic E-state index is -3.74. The maximum atomic E-state index is 12.6. The van der Waals surface area contributed by atoms with Gasteiger partial charge in [-0.1, -0.05) is 48.9 Å². The van der Waals surface area contributed by atoms with Gasteiger partial charge in [0, 0.05) is 13.7 Å². The molecule has 7 heteroatoms. The van der Waals surface area contributed by atoms with Crippen LogP contribution in [-0.2, 0) is 20.4 Å². The summed E-state index contributed by atoms with van der Waals surface area (Å²) in [5.41, 5.74) is 0.167. The van der Waals surface area contributed by atoms with Gasteiger partial charge >= 0.3 is 0 Å². The molecule has 1 N–H and O–H groups in total. The van der Waals surface area contributed by atoms with Gasteiger partial charge in [-0.3, -0.25) is 0 Å². The number of sulfonamides is 1. The third kappa shape index (κ3) is 4.33. The van der Waals surface area contributed by atoms with Crippen molar-refractivity contribution in [3.8, 4) is 5.75 Å². The zero-order valence-corrected chi connectivity index (χ0v) is 16.0. The molecular formula is C18H22ClNO4S. The second-order valence-corrected chi connectivity index (χ2v) is 7.71. The lowest BCUT2D eigenvalue weighted by Gasteiger charge is -2.32. The lowest BCUT2D eigenvalue weighted by atomic mass is 9.91. The van der Waals surface area contributed by atoms with E-state index in [2.05, 4.69) is 4.72 Å². The molecule has 0 fully saturated rings. The Labute approximate surface area is 154 Å². The van der Waals surface area contributed by atoms with Crippen molar-refractivity contribution >= 4 is 21.6 Å². The number of rotatable bonds is 8. The average molecular weight is 384 g/mol. The number of hydrogen-bond donors (Lipinski definition) is 1. The van der Waals surface area contributed by atoms with Crippen molar-refractivity contribution in [1.29, 1.82) is 0 Å². The molecule has 0 aromatic heterocycles. The van der Waals surface area contributed by atoms with Crippen LogP contribution >= 0.6 is 11.6 Å². The highest BCUT2D eigenvalue weighted by atomic mass is 35.5. The Morgan fingerprint density at radius 2 is 1.80 bits per heavy atom. The summed E-state index contributed by atoms with van der Waals surface area (Å²) in [7, 11) is -0.687. The Balaban J connectivity index is 2.26. The van der Waals surface area contributed by atoms with Crippen molar-refractivity contribution < 1.29 is 17.9 Å². The van der Waals surface area contributed by atoms with Crippen LogP contribution in [0.1, 0.15) is 18.9 Å². The van der Waals surface area contributed by atoms with Crippen LogP contribution < -0.4 is 9.46 Å². The average Bonchev–Trinajstić information content (AvgIpc) is 2.64. The Bertz CT molecular complexity index is 805. The lowest BCUT2D eigenvalue weighted by Crippen LogP contribution is -2.41. The van der Waals surface area contributed by atoms with Crippen LogP contribution in [0, 0.1) is 0 Å². The van der Waals surface area contributed by atoms with Crippen LogP contribution in [0.2, 0.25) is 5.02 Å². The summed E-state index contributed by atoms with van der Waals surface area (Å²) < 4.78 is 38.6. The largest absolute Gasteiger partial charge is 0.495 e. The molecule has 136 valence electrons. The topological polar surface area (TPSA) is 64.6 Å². The smallest absolute Gasteiger partial charge is 0.240 e. The summed E-state index contributed by atoms with van der Waals surface area (Å²) in [6.07, 6.45) is 0.611. The van der Waals surface area contributed by atoms with Gasteiger partial charge in [-0.25, -0.2) is 13.1 Å². The zero-order valence-electron chi connectivity index (χ0n) is 14.5. The molecule has 1 unspecified atom stereocenters. The van der Waals surface area contributed by atoms with Gasteiger partial charge in [0.2, 0.25) is 10.0 Å². The Morgan fingerprint density at radius 1 is 1.12 bits per heavy atom. The van der Waals surface area contributed by atoms with Gasteiger partial charge in [0.1, 0.15) is 11.4 Å². The molecule has 2 aromatic carbocycles. The summed E-state index contributed by atoms with van der Waals surface area (Å²) in [4.78, 5) is 0.0764. The number of ether oxygens (including phenoxy) is 2. The van der Waals surface area contributed by atoms with Gasteiger partial charge < -0.3 is 9.47 Å². The van der Waals surface area contributed by atoms with Gasteiger partial charge in [0.15, 0.2) is 0 Å². The quantitative estimate of drug-likeness (QED) is 0.756. The van der Waals surface area contributed by atoms with Crippen LogP contribution in [0.4, 0.5) is 0 Å². The van der Waals surface area contributed by atoms with E-state index >= 15 is 0 Å². The minimum absolute atomic E-state index is 0.0764. The number of halogens is 1. The first-order valence-corrected chi connectivity index (χ1v) is 9.68. The summed E-state index contributed by atoms with van der Waals surface area (Å²) in [5, 5.41) is 0.238. The van der Waals surface area contributed by atoms with Gasteiger partial charge in [-0.05, 0) is 30.2 Å². The number of methoxy groups -OCH3 is 2. The summed E-state index contributed by atoms with van der Waals surface area (Å²) in [6, 6.07) is 13.9. The van der Waals surface area contributed by atoms with E-state index in [1.165, 1.54) is 25.3 Å². The van der Waals surface area contributed by atoms with Crippen molar-refractivity contribution in [1.82, 2.24) is 4.72 Å². The molecule has 2 aromatic rings. The number of hydrogen-bond acceptors (Lipinski definition) is 4. The molecule has 0 amide bonds. The Hall–Kier alpha value is -1.60. The minimum Gasteiger partial charge on any atom is -0.495 e. The van der Waals surface area contributed by atoms with Crippen LogP contribution in [0.3, 0.4) is 0 Å². The first-order valence-electron chi connectivity index (χ1n) is 7.82. The predicted octanol–water partition coefficient (Wildman–Crippen LogP) is 3.58. The van der Waals surface area contributed by atoms with E-state index in [0.29, 0.717) is 12.2 Å². The summed E-state index contributed by atoms with van der Waals surface area (Å²) >= 11 is 6.03. The van der Waals surface area contributed by atoms with E-state index in [0.717, 1.165) is 5.56 Å². The standard InChI is InChI=1S/C18H22ClNO4S/c1-4-18(24-3,14-8-6-5-7-9-14)13-20-25(21,22)15-10-11-17(23-2)16(19)12-15/h5-12,20H,4,13H2,1-3H3. The van der Waals surface area contributed by atoms with Gasteiger partial charge in [0.25, 0.3) is 0 Å². The van der Waals surface area contributed by atoms with Crippen LogP contribution in [0.15, 0.2) is 53.4 Å². The molecule has 5 nitrogen and oxygen atoms in total. The highest BCUT2D eigenvalue weighted by Gasteiger charge is 2.32. The number of nitrogens with one attached hydrogen (secondary N) is 1. The third-order valence-corrected chi connectivity index (χ3v) is 5.94. The molecule has 0 bridgehead atoms. The monoisotopic (exact) mass is 383 g/mol. The van der Waals surface area contributed by atoms with Crippen LogP contribution in [-0.4, -0.2) is 29.2 Å². The van der Waals surface area contributed by atoms with E-state index in [-0.39, 0.29) is 16.5 Å². The lowest BCUT2D eigenvalue weighted by molar-refractivity contribution is -0.0133. The van der Waals surface area contributed by atoms with Gasteiger partial charge in [-0.2, -0.15) is 0 Å². The summed E-state index contributed by atoms with van der Waals surface area (Å²) in [6.45, 7) is 2.06. The van der Waals surface area contributed by atoms with Crippen molar-refractivity contribution in [3.63, 3.8) is 0 Å². The van der Waals surface area contributed by atoms with Crippen molar-refractivity contribution in [2.45, 2.75) is 23.8 Å². The fourth-order valence-corrected chi connectivity index (χ4v) is 4.05. The van der Waals surface area contributed by atoms with Crippen molar-refractivity contribution in [2.75, 3.05) is 20.8 Å². The van der Waals surface area contributed by atoms with Gasteiger partial charge in [-0.15, -0.1) is 0 Å². The second-order valence-electron chi connectivity index (χ2n) is 5.54. The molecule has 0 aliphatic rings. The van der Waals surface area contributed by atoms with Crippen molar-refractivity contribution in [3.05, 3.63) is 59.1 Å². The van der Waals surface area contributed by atoms with Gasteiger partial charge in [0.05, 0.1) is 17.0 Å². The summed E-state index contributed by atoms with van der Waals surface area (Å²) in [5.74, 6) is 0.421. The SMILES string of the molecule is CCC(CNS(=O)(=O)c1ccc(OC)c(Cl)c1)(OC)c1ccccc1. The second kappa shape index (κ2) is 8.19. The molecule has 0 radical (unpaired) electrons. The predicted molar refractivity (Wildman–Crippen MR) is 98.6 cm³/mol. The van der Waals surface area contributed by atoms with E-state index in [1.807, 2.05) is 37.3 Å². The molecule has 0 saturated carbocycles. The molecule has 0 spiro atoms. The normalized spacial score (nSPS) is 14.1. The van der Waals surface area contributed by atoms with E-state index in [9.17, 15) is 8.42 Å². The highest BCUT2D eigenvalue weighted by Crippen LogP contribution is 2.30. The Morgan fingerprint density at radius 3 is 2.32 bits per heavy atom. The van der Waals surface area contributed by atoms with Crippen molar-refractivity contribution in [2.24, 2.45) is 0 Å². The molecule has 2 rings (SSSR count). The van der Waals surface area contributed by atoms with E-state index in [4.69, 9.17) is 21.1 Å². The first-order chi connectivity index (χ1) is 11.9. The maximum Gasteiger partial charge on any atom is 0.240 e. The molecular weight excluding hydrogens is 362 g/mol. The Kier molecular flexibility index (Phi) is 6.46. The third-order valence-electron chi connectivity index (χ3n) is 4.24. The van der Waals surface area contributed by atoms with Crippen LogP contribution in [0.5, 0.6) is 5.75 Å². The van der Waals surface area contributed by atoms with E-state index < -0.39 is 15.6 Å². The van der Waals surface area contributed by atoms with Crippen LogP contribution in [0.25, 0.3) is 0 Å². The fourth-order valence-electron chi connectivity index (χ4n) is 2.62. The molecule has 1 atom stereocenters. The molecule has 0 saturated heterocycles. The zero-order chi connectivity index (χ0) is 18.5. The molecule has 25 heavy (non-hydrogen) atoms. The molecule has 0 aliphatic heterocycles. The fraction of sp³-hybridized carbons (Fsp3) is 0.333.